The van der Waals surface area contributed by atoms with Gasteiger partial charge in [0, 0.05) is 19.2 Å². The number of amides is 1. The Hall–Kier alpha value is -2.22. The van der Waals surface area contributed by atoms with Crippen molar-refractivity contribution >= 4 is 26.1 Å². The van der Waals surface area contributed by atoms with E-state index in [-0.39, 0.29) is 29.9 Å². The second-order valence-corrected chi connectivity index (χ2v) is 19.4. The summed E-state index contributed by atoms with van der Waals surface area (Å²) < 4.78 is 24.7. The molecule has 0 bridgehead atoms. The minimum atomic E-state index is -2.24. The Labute approximate surface area is 252 Å². The Kier molecular flexibility index (Phi) is 10.1. The molecule has 1 saturated heterocycles. The topological polar surface area (TPSA) is 116 Å². The van der Waals surface area contributed by atoms with Crippen LogP contribution in [0.4, 0.5) is 10.5 Å². The second kappa shape index (κ2) is 12.4. The zero-order valence-electron chi connectivity index (χ0n) is 27.5. The van der Waals surface area contributed by atoms with E-state index in [2.05, 4.69) is 38.9 Å². The Balaban J connectivity index is 1.96. The van der Waals surface area contributed by atoms with Crippen LogP contribution in [-0.2, 0) is 28.3 Å². The molecule has 2 N–H and O–H groups in total. The van der Waals surface area contributed by atoms with Gasteiger partial charge in [-0.2, -0.15) is 5.01 Å². The number of carbonyl (C=O) groups excluding carboxylic acids is 2. The van der Waals surface area contributed by atoms with Crippen molar-refractivity contribution in [3.05, 3.63) is 29.8 Å². The van der Waals surface area contributed by atoms with Gasteiger partial charge in [-0.05, 0) is 65.7 Å². The number of fused-ring (bicyclic) bond motifs is 1. The Bertz CT molecular complexity index is 1110. The van der Waals surface area contributed by atoms with Crippen LogP contribution in [0.5, 0.6) is 0 Å². The maximum Gasteiger partial charge on any atom is 0.410 e. The van der Waals surface area contributed by atoms with Crippen LogP contribution < -0.4 is 10.9 Å². The molecule has 0 spiro atoms. The third-order valence-electron chi connectivity index (χ3n) is 7.86. The number of carbonyl (C=O) groups is 2. The molecular weight excluding hydrogens is 556 g/mol. The average molecular weight is 609 g/mol. The van der Waals surface area contributed by atoms with Crippen molar-refractivity contribution in [2.24, 2.45) is 5.90 Å². The molecule has 42 heavy (non-hydrogen) atoms. The van der Waals surface area contributed by atoms with E-state index in [4.69, 9.17) is 29.4 Å². The molecule has 1 unspecified atom stereocenters. The zero-order chi connectivity index (χ0) is 31.8. The van der Waals surface area contributed by atoms with Crippen LogP contribution in [0.1, 0.15) is 74.1 Å². The number of ether oxygens (including phenoxy) is 3. The van der Waals surface area contributed by atoms with Gasteiger partial charge in [-0.3, -0.25) is 4.84 Å². The van der Waals surface area contributed by atoms with Crippen LogP contribution >= 0.6 is 0 Å². The van der Waals surface area contributed by atoms with Gasteiger partial charge in [0.2, 0.25) is 0 Å². The fourth-order valence-corrected chi connectivity index (χ4v) is 6.19. The van der Waals surface area contributed by atoms with Crippen molar-refractivity contribution in [1.29, 1.82) is 0 Å². The van der Waals surface area contributed by atoms with Crippen molar-refractivity contribution in [2.45, 2.75) is 116 Å². The van der Waals surface area contributed by atoms with Crippen LogP contribution in [0.3, 0.4) is 0 Å². The van der Waals surface area contributed by atoms with Crippen LogP contribution in [0.15, 0.2) is 24.3 Å². The number of benzene rings is 1. The van der Waals surface area contributed by atoms with E-state index < -0.39 is 37.8 Å². The summed E-state index contributed by atoms with van der Waals surface area (Å²) in [5.74, 6) is 4.91. The summed E-state index contributed by atoms with van der Waals surface area (Å²) >= 11 is 0. The molecule has 2 heterocycles. The number of nitrogens with zero attached hydrogens (tertiary/aromatic N) is 3. The third-order valence-corrected chi connectivity index (χ3v) is 12.4. The molecule has 2 aliphatic rings. The predicted octanol–water partition coefficient (Wildman–Crippen LogP) is 4.98. The molecule has 0 aromatic heterocycles. The molecule has 1 amide bonds. The number of nitrogens with two attached hydrogens (primary N) is 1. The number of anilines is 1. The molecule has 1 aromatic rings. The van der Waals surface area contributed by atoms with Gasteiger partial charge in [0.1, 0.15) is 11.2 Å². The summed E-state index contributed by atoms with van der Waals surface area (Å²) in [5, 5.41) is 4.10. The Morgan fingerprint density at radius 1 is 0.976 bits per heavy atom. The van der Waals surface area contributed by atoms with Gasteiger partial charge in [0.25, 0.3) is 0 Å². The lowest BCUT2D eigenvalue weighted by Gasteiger charge is -2.43. The quantitative estimate of drug-likeness (QED) is 0.246. The first-order chi connectivity index (χ1) is 19.1. The summed E-state index contributed by atoms with van der Waals surface area (Å²) in [4.78, 5) is 32.7. The number of para-hydroxylation sites is 1. The molecule has 11 nitrogen and oxygen atoms in total. The molecule has 238 valence electrons. The lowest BCUT2D eigenvalue weighted by atomic mass is 10.1. The van der Waals surface area contributed by atoms with Gasteiger partial charge in [-0.1, -0.05) is 39.0 Å². The summed E-state index contributed by atoms with van der Waals surface area (Å²) in [6, 6.07) is 7.65. The van der Waals surface area contributed by atoms with E-state index in [9.17, 15) is 9.59 Å². The molecule has 0 radical (unpaired) electrons. The molecule has 1 aromatic carbocycles. The minimum Gasteiger partial charge on any atom is -0.458 e. The normalized spacial score (nSPS) is 22.7. The number of hydrogen-bond acceptors (Lipinski definition) is 10. The molecule has 0 aliphatic carbocycles. The highest BCUT2D eigenvalue weighted by Gasteiger charge is 2.51. The van der Waals surface area contributed by atoms with Gasteiger partial charge in [0.05, 0.1) is 31.0 Å². The van der Waals surface area contributed by atoms with Gasteiger partial charge < -0.3 is 28.5 Å². The van der Waals surface area contributed by atoms with Crippen LogP contribution in [0, 0.1) is 0 Å². The molecular formula is C30H52N4O7Si. The van der Waals surface area contributed by atoms with E-state index in [1.165, 1.54) is 0 Å². The Morgan fingerprint density at radius 2 is 1.57 bits per heavy atom. The van der Waals surface area contributed by atoms with E-state index in [1.54, 1.807) is 25.7 Å². The van der Waals surface area contributed by atoms with Crippen LogP contribution in [0.2, 0.25) is 18.1 Å². The summed E-state index contributed by atoms with van der Waals surface area (Å²) in [6.07, 6.45) is -2.41. The molecule has 0 saturated carbocycles. The van der Waals surface area contributed by atoms with Gasteiger partial charge >= 0.3 is 12.1 Å². The monoisotopic (exact) mass is 608 g/mol. The van der Waals surface area contributed by atoms with Gasteiger partial charge in [-0.25, -0.2) is 15.5 Å². The number of hydrogen-bond donors (Lipinski definition) is 1. The predicted molar refractivity (Wildman–Crippen MR) is 164 cm³/mol. The molecule has 2 aliphatic heterocycles. The van der Waals surface area contributed by atoms with Gasteiger partial charge in [0.15, 0.2) is 20.6 Å². The lowest BCUT2D eigenvalue weighted by Crippen LogP contribution is -2.55. The minimum absolute atomic E-state index is 0.0359. The number of rotatable bonds is 8. The smallest absolute Gasteiger partial charge is 0.410 e. The maximum atomic E-state index is 13.3. The molecule has 12 heteroatoms. The molecule has 4 atom stereocenters. The standard InChI is InChI=1S/C30H52N4O7Si/c1-28(2,3)38-26(35)24(40-31)19-37-25-20-15-13-14-16-21(20)32(10)34(25)22-17-33(27(36)39-29(4,5)6)18-23(22)41-42(11,12)30(7,8)9/h13-16,22-25H,17-19,31H2,1-12H3/t22-,23+,24+,25?/m1/s1. The number of hydrazine groups is 1. The number of likely N-dealkylation sites (tertiary alicyclic amines) is 1. The first-order valence-electron chi connectivity index (χ1n) is 14.6. The van der Waals surface area contributed by atoms with E-state index in [1.807, 2.05) is 57.1 Å². The summed E-state index contributed by atoms with van der Waals surface area (Å²) in [6.45, 7) is 22.5. The van der Waals surface area contributed by atoms with Crippen LogP contribution in [0.25, 0.3) is 0 Å². The highest BCUT2D eigenvalue weighted by molar-refractivity contribution is 6.74. The largest absolute Gasteiger partial charge is 0.458 e. The third kappa shape index (κ3) is 8.03. The fraction of sp³-hybridized carbons (Fsp3) is 0.733. The van der Waals surface area contributed by atoms with Crippen LogP contribution in [-0.4, -0.2) is 86.5 Å². The highest BCUT2D eigenvalue weighted by atomic mass is 28.4. The van der Waals surface area contributed by atoms with Crippen molar-refractivity contribution in [3.8, 4) is 0 Å². The Morgan fingerprint density at radius 3 is 2.12 bits per heavy atom. The van der Waals surface area contributed by atoms with Crippen molar-refractivity contribution in [3.63, 3.8) is 0 Å². The van der Waals surface area contributed by atoms with Crippen molar-refractivity contribution in [1.82, 2.24) is 9.91 Å². The summed E-state index contributed by atoms with van der Waals surface area (Å²) in [5.41, 5.74) is 0.535. The summed E-state index contributed by atoms with van der Waals surface area (Å²) in [7, 11) is -0.275. The van der Waals surface area contributed by atoms with E-state index >= 15 is 0 Å². The molecule has 1 fully saturated rings. The fourth-order valence-electron chi connectivity index (χ4n) is 4.84. The number of esters is 1. The van der Waals surface area contributed by atoms with Gasteiger partial charge in [-0.15, -0.1) is 0 Å². The first-order valence-corrected chi connectivity index (χ1v) is 17.5. The molecule has 3 rings (SSSR count). The van der Waals surface area contributed by atoms with E-state index in [0.717, 1.165) is 11.3 Å². The average Bonchev–Trinajstić information content (AvgIpc) is 3.35. The lowest BCUT2D eigenvalue weighted by molar-refractivity contribution is -0.179. The second-order valence-electron chi connectivity index (χ2n) is 14.7. The maximum absolute atomic E-state index is 13.3. The highest BCUT2D eigenvalue weighted by Crippen LogP contribution is 2.45. The SMILES string of the molecule is CN1c2ccccc2C(OC[C@H](ON)C(=O)OC(C)(C)C)N1[C@@H]1CN(C(=O)OC(C)(C)C)C[C@@H]1O[Si](C)(C)C(C)(C)C. The van der Waals surface area contributed by atoms with Crippen molar-refractivity contribution in [2.75, 3.05) is 31.8 Å². The van der Waals surface area contributed by atoms with E-state index in [0.29, 0.717) is 13.1 Å². The zero-order valence-corrected chi connectivity index (χ0v) is 28.5. The van der Waals surface area contributed by atoms with Crippen molar-refractivity contribution < 1.29 is 33.1 Å². The first kappa shape index (κ1) is 34.3.